The van der Waals surface area contributed by atoms with Gasteiger partial charge in [-0.25, -0.2) is 13.8 Å². The zero-order valence-electron chi connectivity index (χ0n) is 8.50. The minimum atomic E-state index is -2.83. The Morgan fingerprint density at radius 1 is 1.53 bits per heavy atom. The summed E-state index contributed by atoms with van der Waals surface area (Å²) in [5.74, 6) is -2.42. The number of halogens is 2. The van der Waals surface area contributed by atoms with E-state index in [-0.39, 0.29) is 6.54 Å². The van der Waals surface area contributed by atoms with Crippen molar-refractivity contribution in [3.63, 3.8) is 0 Å². The van der Waals surface area contributed by atoms with Crippen LogP contribution >= 0.6 is 0 Å². The molecule has 15 heavy (non-hydrogen) atoms. The van der Waals surface area contributed by atoms with E-state index in [0.717, 1.165) is 18.5 Å². The molecule has 1 saturated carbocycles. The summed E-state index contributed by atoms with van der Waals surface area (Å²) in [6.45, 7) is -0.968. The van der Waals surface area contributed by atoms with E-state index in [4.69, 9.17) is 5.73 Å². The Balaban J connectivity index is 2.10. The topological polar surface area (TPSA) is 43.8 Å². The Labute approximate surface area is 87.3 Å². The van der Waals surface area contributed by atoms with Gasteiger partial charge in [0.25, 0.3) is 5.92 Å². The van der Waals surface area contributed by atoms with Crippen LogP contribution < -0.4 is 5.73 Å². The Bertz CT molecular complexity index is 331. The van der Waals surface area contributed by atoms with Crippen molar-refractivity contribution < 1.29 is 8.78 Å². The second-order valence-electron chi connectivity index (χ2n) is 4.13. The third-order valence-corrected chi connectivity index (χ3v) is 2.97. The SMILES string of the molecule is NCC(F)(F)Cn1cncc1C1CCC1. The quantitative estimate of drug-likeness (QED) is 0.831. The first-order valence-corrected chi connectivity index (χ1v) is 5.20. The summed E-state index contributed by atoms with van der Waals surface area (Å²) in [7, 11) is 0. The molecule has 0 saturated heterocycles. The highest BCUT2D eigenvalue weighted by Crippen LogP contribution is 2.36. The summed E-state index contributed by atoms with van der Waals surface area (Å²) >= 11 is 0. The lowest BCUT2D eigenvalue weighted by Crippen LogP contribution is -2.33. The smallest absolute Gasteiger partial charge is 0.277 e. The monoisotopic (exact) mass is 215 g/mol. The molecule has 84 valence electrons. The molecule has 5 heteroatoms. The van der Waals surface area contributed by atoms with E-state index in [0.29, 0.717) is 5.92 Å². The number of aromatic nitrogens is 2. The van der Waals surface area contributed by atoms with E-state index in [1.54, 1.807) is 6.20 Å². The van der Waals surface area contributed by atoms with Crippen molar-refractivity contribution in [2.45, 2.75) is 37.6 Å². The first-order valence-electron chi connectivity index (χ1n) is 5.20. The molecule has 0 atom stereocenters. The molecule has 0 aromatic carbocycles. The number of nitrogens with two attached hydrogens (primary N) is 1. The normalized spacial score (nSPS) is 17.8. The first-order chi connectivity index (χ1) is 7.12. The Morgan fingerprint density at radius 3 is 2.80 bits per heavy atom. The molecule has 0 bridgehead atoms. The first kappa shape index (κ1) is 10.5. The molecule has 1 aromatic heterocycles. The van der Waals surface area contributed by atoms with Crippen molar-refractivity contribution in [3.8, 4) is 0 Å². The van der Waals surface area contributed by atoms with Gasteiger partial charge in [-0.15, -0.1) is 0 Å². The average molecular weight is 215 g/mol. The summed E-state index contributed by atoms with van der Waals surface area (Å²) in [6, 6.07) is 0. The number of imidazole rings is 1. The standard InChI is InChI=1S/C10H15F2N3/c11-10(12,5-13)6-15-7-14-4-9(15)8-2-1-3-8/h4,7-8H,1-3,5-6,13H2. The Kier molecular flexibility index (Phi) is 2.73. The second kappa shape index (κ2) is 3.89. The number of rotatable bonds is 4. The van der Waals surface area contributed by atoms with Crippen LogP contribution in [0.5, 0.6) is 0 Å². The van der Waals surface area contributed by atoms with Crippen molar-refractivity contribution >= 4 is 0 Å². The summed E-state index contributed by atoms with van der Waals surface area (Å²) in [5, 5.41) is 0. The van der Waals surface area contributed by atoms with Crippen LogP contribution in [0, 0.1) is 0 Å². The van der Waals surface area contributed by atoms with Gasteiger partial charge in [0.1, 0.15) is 0 Å². The van der Waals surface area contributed by atoms with Crippen molar-refractivity contribution in [2.24, 2.45) is 5.73 Å². The van der Waals surface area contributed by atoms with E-state index in [1.165, 1.54) is 17.3 Å². The highest BCUT2D eigenvalue weighted by Gasteiger charge is 2.30. The summed E-state index contributed by atoms with van der Waals surface area (Å²) < 4.78 is 27.8. The van der Waals surface area contributed by atoms with Gasteiger partial charge < -0.3 is 10.3 Å². The fourth-order valence-corrected chi connectivity index (χ4v) is 1.82. The molecule has 0 aliphatic heterocycles. The van der Waals surface area contributed by atoms with Crippen LogP contribution in [-0.2, 0) is 6.54 Å². The van der Waals surface area contributed by atoms with E-state index < -0.39 is 12.5 Å². The lowest BCUT2D eigenvalue weighted by Gasteiger charge is -2.27. The van der Waals surface area contributed by atoms with Gasteiger partial charge in [0.2, 0.25) is 0 Å². The molecular weight excluding hydrogens is 200 g/mol. The molecule has 0 spiro atoms. The summed E-state index contributed by atoms with van der Waals surface area (Å²) in [5.41, 5.74) is 5.94. The maximum atomic E-state index is 13.1. The van der Waals surface area contributed by atoms with Crippen LogP contribution in [-0.4, -0.2) is 22.0 Å². The predicted molar refractivity (Wildman–Crippen MR) is 52.8 cm³/mol. The fraction of sp³-hybridized carbons (Fsp3) is 0.700. The van der Waals surface area contributed by atoms with Crippen LogP contribution in [0.2, 0.25) is 0 Å². The molecule has 1 fully saturated rings. The molecule has 1 aromatic rings. The highest BCUT2D eigenvalue weighted by atomic mass is 19.3. The summed E-state index contributed by atoms with van der Waals surface area (Å²) in [4.78, 5) is 3.93. The summed E-state index contributed by atoms with van der Waals surface area (Å²) in [6.07, 6.45) is 6.51. The van der Waals surface area contributed by atoms with Crippen LogP contribution in [0.1, 0.15) is 30.9 Å². The number of nitrogens with zero attached hydrogens (tertiary/aromatic N) is 2. The average Bonchev–Trinajstić information content (AvgIpc) is 2.50. The lowest BCUT2D eigenvalue weighted by molar-refractivity contribution is -0.00777. The van der Waals surface area contributed by atoms with Crippen LogP contribution in [0.3, 0.4) is 0 Å². The van der Waals surface area contributed by atoms with Crippen molar-refractivity contribution in [1.82, 2.24) is 9.55 Å². The molecule has 0 unspecified atom stereocenters. The minimum absolute atomic E-state index is 0.352. The largest absolute Gasteiger partial charge is 0.328 e. The molecule has 2 rings (SSSR count). The van der Waals surface area contributed by atoms with Crippen molar-refractivity contribution in [2.75, 3.05) is 6.54 Å². The Hall–Kier alpha value is -0.970. The van der Waals surface area contributed by atoms with Crippen molar-refractivity contribution in [3.05, 3.63) is 18.2 Å². The maximum absolute atomic E-state index is 13.1. The van der Waals surface area contributed by atoms with Crippen LogP contribution in [0.25, 0.3) is 0 Å². The molecule has 0 radical (unpaired) electrons. The van der Waals surface area contributed by atoms with E-state index >= 15 is 0 Å². The minimum Gasteiger partial charge on any atom is -0.328 e. The van der Waals surface area contributed by atoms with Gasteiger partial charge in [0.05, 0.1) is 19.4 Å². The highest BCUT2D eigenvalue weighted by molar-refractivity contribution is 5.09. The molecule has 3 nitrogen and oxygen atoms in total. The van der Waals surface area contributed by atoms with Crippen LogP contribution in [0.15, 0.2) is 12.5 Å². The number of hydrogen-bond acceptors (Lipinski definition) is 2. The van der Waals surface area contributed by atoms with Gasteiger partial charge in [-0.1, -0.05) is 6.42 Å². The maximum Gasteiger partial charge on any atom is 0.277 e. The van der Waals surface area contributed by atoms with E-state index in [1.807, 2.05) is 0 Å². The third kappa shape index (κ3) is 2.17. The van der Waals surface area contributed by atoms with Gasteiger partial charge in [-0.05, 0) is 12.8 Å². The van der Waals surface area contributed by atoms with Gasteiger partial charge in [-0.3, -0.25) is 0 Å². The van der Waals surface area contributed by atoms with Gasteiger partial charge in [0, 0.05) is 17.8 Å². The zero-order valence-corrected chi connectivity index (χ0v) is 8.50. The third-order valence-electron chi connectivity index (χ3n) is 2.97. The molecule has 2 N–H and O–H groups in total. The fourth-order valence-electron chi connectivity index (χ4n) is 1.82. The Morgan fingerprint density at radius 2 is 2.27 bits per heavy atom. The molecule has 0 amide bonds. The van der Waals surface area contributed by atoms with Gasteiger partial charge in [0.15, 0.2) is 0 Å². The lowest BCUT2D eigenvalue weighted by atomic mass is 9.83. The predicted octanol–water partition coefficient (Wildman–Crippen LogP) is 1.74. The second-order valence-corrected chi connectivity index (χ2v) is 4.13. The zero-order chi connectivity index (χ0) is 10.9. The molecule has 1 aliphatic rings. The molecule has 1 heterocycles. The van der Waals surface area contributed by atoms with E-state index in [2.05, 4.69) is 4.98 Å². The molecule has 1 aliphatic carbocycles. The van der Waals surface area contributed by atoms with Crippen molar-refractivity contribution in [1.29, 1.82) is 0 Å². The van der Waals surface area contributed by atoms with Gasteiger partial charge in [-0.2, -0.15) is 0 Å². The van der Waals surface area contributed by atoms with Gasteiger partial charge >= 0.3 is 0 Å². The van der Waals surface area contributed by atoms with E-state index in [9.17, 15) is 8.78 Å². The number of hydrogen-bond donors (Lipinski definition) is 1. The van der Waals surface area contributed by atoms with Crippen LogP contribution in [0.4, 0.5) is 8.78 Å². The number of alkyl halides is 2. The molecular formula is C10H15F2N3.